The van der Waals surface area contributed by atoms with Crippen molar-refractivity contribution >= 4 is 28.9 Å². The Morgan fingerprint density at radius 3 is 2.03 bits per heavy atom. The van der Waals surface area contributed by atoms with Crippen molar-refractivity contribution in [2.24, 2.45) is 5.92 Å². The van der Waals surface area contributed by atoms with E-state index in [1.165, 1.54) is 17.7 Å². The molecule has 4 heterocycles. The second-order valence-electron chi connectivity index (χ2n) is 8.75. The minimum atomic E-state index is 0.100. The van der Waals surface area contributed by atoms with Crippen LogP contribution in [0.15, 0.2) is 53.9 Å². The normalized spacial score (nSPS) is 17.6. The molecule has 166 valence electrons. The number of benzene rings is 1. The Morgan fingerprint density at radius 1 is 0.844 bits per heavy atom. The van der Waals surface area contributed by atoms with Crippen molar-refractivity contribution in [3.63, 3.8) is 0 Å². The molecule has 7 heteroatoms. The molecular formula is C25H29N5OS. The average Bonchev–Trinajstić information content (AvgIpc) is 3.40. The monoisotopic (exact) mass is 447 g/mol. The minimum absolute atomic E-state index is 0.100. The van der Waals surface area contributed by atoms with E-state index in [2.05, 4.69) is 50.5 Å². The molecular weight excluding hydrogens is 418 g/mol. The molecule has 1 amide bonds. The zero-order valence-electron chi connectivity index (χ0n) is 18.5. The fourth-order valence-electron chi connectivity index (χ4n) is 4.43. The Kier molecular flexibility index (Phi) is 6.08. The van der Waals surface area contributed by atoms with E-state index in [0.717, 1.165) is 54.9 Å². The first kappa shape index (κ1) is 20.9. The van der Waals surface area contributed by atoms with Gasteiger partial charge in [0.05, 0.1) is 0 Å². The van der Waals surface area contributed by atoms with Gasteiger partial charge in [-0.15, -0.1) is 21.5 Å². The molecule has 2 fully saturated rings. The molecule has 2 aromatic heterocycles. The van der Waals surface area contributed by atoms with Crippen LogP contribution in [0.2, 0.25) is 0 Å². The van der Waals surface area contributed by atoms with Gasteiger partial charge in [-0.2, -0.15) is 0 Å². The summed E-state index contributed by atoms with van der Waals surface area (Å²) in [4.78, 5) is 20.7. The summed E-state index contributed by atoms with van der Waals surface area (Å²) >= 11 is 1.71. The van der Waals surface area contributed by atoms with Crippen LogP contribution in [-0.2, 0) is 0 Å². The molecule has 2 aliphatic rings. The molecule has 0 atom stereocenters. The average molecular weight is 448 g/mol. The molecule has 32 heavy (non-hydrogen) atoms. The largest absolute Gasteiger partial charge is 0.355 e. The predicted octanol–water partition coefficient (Wildman–Crippen LogP) is 4.40. The molecule has 3 aromatic rings. The van der Waals surface area contributed by atoms with Gasteiger partial charge in [0.25, 0.3) is 5.91 Å². The first-order chi connectivity index (χ1) is 15.7. The number of piperazine rings is 1. The molecule has 0 bridgehead atoms. The van der Waals surface area contributed by atoms with Crippen LogP contribution in [-0.4, -0.2) is 60.3 Å². The lowest BCUT2D eigenvalue weighted by atomic mass is 9.99. The van der Waals surface area contributed by atoms with Crippen LogP contribution in [0.25, 0.3) is 10.4 Å². The molecule has 0 aliphatic carbocycles. The second kappa shape index (κ2) is 9.28. The van der Waals surface area contributed by atoms with Gasteiger partial charge in [-0.25, -0.2) is 0 Å². The van der Waals surface area contributed by atoms with Gasteiger partial charge in [-0.3, -0.25) is 4.79 Å². The first-order valence-electron chi connectivity index (χ1n) is 11.4. The Bertz CT molecular complexity index is 1020. The quantitative estimate of drug-likeness (QED) is 0.593. The van der Waals surface area contributed by atoms with Gasteiger partial charge >= 0.3 is 0 Å². The molecule has 5 rings (SSSR count). The van der Waals surface area contributed by atoms with E-state index in [4.69, 9.17) is 0 Å². The van der Waals surface area contributed by atoms with Crippen LogP contribution >= 0.6 is 11.3 Å². The fourth-order valence-corrected chi connectivity index (χ4v) is 5.17. The fraction of sp³-hybridized carbons (Fsp3) is 0.400. The number of nitrogens with zero attached hydrogens (tertiary/aromatic N) is 5. The first-order valence-corrected chi connectivity index (χ1v) is 12.3. The van der Waals surface area contributed by atoms with E-state index in [1.807, 2.05) is 35.2 Å². The van der Waals surface area contributed by atoms with Crippen molar-refractivity contribution in [2.75, 3.05) is 49.1 Å². The third-order valence-electron chi connectivity index (χ3n) is 6.57. The molecule has 0 saturated carbocycles. The zero-order valence-corrected chi connectivity index (χ0v) is 19.3. The number of hydrogen-bond acceptors (Lipinski definition) is 6. The number of rotatable bonds is 4. The molecule has 2 saturated heterocycles. The van der Waals surface area contributed by atoms with Crippen LogP contribution in [0.1, 0.15) is 30.1 Å². The maximum atomic E-state index is 13.0. The summed E-state index contributed by atoms with van der Waals surface area (Å²) < 4.78 is 0. The maximum Gasteiger partial charge on any atom is 0.253 e. The number of piperidine rings is 1. The lowest BCUT2D eigenvalue weighted by Crippen LogP contribution is -2.49. The summed E-state index contributed by atoms with van der Waals surface area (Å²) in [5.41, 5.74) is 1.90. The second-order valence-corrected chi connectivity index (χ2v) is 9.70. The van der Waals surface area contributed by atoms with E-state index in [1.54, 1.807) is 11.3 Å². The van der Waals surface area contributed by atoms with E-state index in [-0.39, 0.29) is 5.91 Å². The highest BCUT2D eigenvalue weighted by Gasteiger charge is 2.24. The number of carbonyl (C=O) groups is 1. The SMILES string of the molecule is CC1CCN(c2ccc(N3CCN(C(=O)c4ccc(-c5cccs5)cc4)CC3)nn2)CC1. The number of hydrogen-bond donors (Lipinski definition) is 0. The van der Waals surface area contributed by atoms with Crippen LogP contribution in [0.4, 0.5) is 11.6 Å². The van der Waals surface area contributed by atoms with Crippen LogP contribution in [0, 0.1) is 5.92 Å². The summed E-state index contributed by atoms with van der Waals surface area (Å²) in [6.45, 7) is 7.37. The highest BCUT2D eigenvalue weighted by molar-refractivity contribution is 7.13. The predicted molar refractivity (Wildman–Crippen MR) is 131 cm³/mol. The zero-order chi connectivity index (χ0) is 21.9. The Hall–Kier alpha value is -2.93. The van der Waals surface area contributed by atoms with Crippen LogP contribution in [0.5, 0.6) is 0 Å². The highest BCUT2D eigenvalue weighted by atomic mass is 32.1. The molecule has 0 N–H and O–H groups in total. The van der Waals surface area contributed by atoms with E-state index >= 15 is 0 Å². The summed E-state index contributed by atoms with van der Waals surface area (Å²) in [5.74, 6) is 2.77. The van der Waals surface area contributed by atoms with Gasteiger partial charge in [0.1, 0.15) is 0 Å². The summed E-state index contributed by atoms with van der Waals surface area (Å²) in [5, 5.41) is 11.0. The minimum Gasteiger partial charge on any atom is -0.355 e. The highest BCUT2D eigenvalue weighted by Crippen LogP contribution is 2.26. The van der Waals surface area contributed by atoms with Crippen molar-refractivity contribution in [3.05, 3.63) is 59.5 Å². The van der Waals surface area contributed by atoms with Gasteiger partial charge in [0, 0.05) is 49.7 Å². The lowest BCUT2D eigenvalue weighted by Gasteiger charge is -2.35. The Morgan fingerprint density at radius 2 is 1.47 bits per heavy atom. The lowest BCUT2D eigenvalue weighted by molar-refractivity contribution is 0.0746. The Labute approximate surface area is 193 Å². The topological polar surface area (TPSA) is 52.6 Å². The number of thiophene rings is 1. The molecule has 1 aromatic carbocycles. The molecule has 0 radical (unpaired) electrons. The van der Waals surface area contributed by atoms with Crippen LogP contribution in [0.3, 0.4) is 0 Å². The van der Waals surface area contributed by atoms with Crippen molar-refractivity contribution < 1.29 is 4.79 Å². The van der Waals surface area contributed by atoms with Crippen molar-refractivity contribution in [3.8, 4) is 10.4 Å². The number of anilines is 2. The summed E-state index contributed by atoms with van der Waals surface area (Å²) in [6, 6.07) is 16.3. The van der Waals surface area contributed by atoms with Crippen molar-refractivity contribution in [2.45, 2.75) is 19.8 Å². The van der Waals surface area contributed by atoms with E-state index < -0.39 is 0 Å². The Balaban J connectivity index is 1.16. The maximum absolute atomic E-state index is 13.0. The third kappa shape index (κ3) is 4.48. The van der Waals surface area contributed by atoms with Crippen LogP contribution < -0.4 is 9.80 Å². The van der Waals surface area contributed by atoms with Crippen molar-refractivity contribution in [1.82, 2.24) is 15.1 Å². The van der Waals surface area contributed by atoms with Gasteiger partial charge < -0.3 is 14.7 Å². The number of carbonyl (C=O) groups excluding carboxylic acids is 1. The van der Waals surface area contributed by atoms with Gasteiger partial charge in [0.2, 0.25) is 0 Å². The smallest absolute Gasteiger partial charge is 0.253 e. The van der Waals surface area contributed by atoms with Gasteiger partial charge in [-0.05, 0) is 60.0 Å². The molecule has 0 unspecified atom stereocenters. The summed E-state index contributed by atoms with van der Waals surface area (Å²) in [6.07, 6.45) is 2.44. The number of amides is 1. The standard InChI is InChI=1S/C25H29N5OS/c1-19-10-12-28(13-11-19)23-8-9-24(27-26-23)29-14-16-30(17-15-29)25(31)21-6-4-20(5-7-21)22-3-2-18-32-22/h2-9,18-19H,10-17H2,1H3. The van der Waals surface area contributed by atoms with Crippen molar-refractivity contribution in [1.29, 1.82) is 0 Å². The molecule has 6 nitrogen and oxygen atoms in total. The van der Waals surface area contributed by atoms with E-state index in [9.17, 15) is 4.79 Å². The van der Waals surface area contributed by atoms with Gasteiger partial charge in [-0.1, -0.05) is 25.1 Å². The summed E-state index contributed by atoms with van der Waals surface area (Å²) in [7, 11) is 0. The molecule has 0 spiro atoms. The van der Waals surface area contributed by atoms with E-state index in [0.29, 0.717) is 13.1 Å². The number of aromatic nitrogens is 2. The third-order valence-corrected chi connectivity index (χ3v) is 7.49. The molecule has 2 aliphatic heterocycles. The van der Waals surface area contributed by atoms with Gasteiger partial charge in [0.15, 0.2) is 11.6 Å².